The molecule has 0 aromatic heterocycles. The van der Waals surface area contributed by atoms with Crippen LogP contribution in [0.15, 0.2) is 36.4 Å². The van der Waals surface area contributed by atoms with Crippen molar-refractivity contribution in [2.75, 3.05) is 11.4 Å². The molecule has 1 aliphatic heterocycles. The standard InChI is InChI=1S/C21H28N2O3/c1-21(2,3)22-15-5-8-18(24)7-4-6-16-9-11-17(12-10-16)23-19(25)13-14-20(23)26/h9-14,22H,4-8,15H2,1-3H3. The van der Waals surface area contributed by atoms with Crippen LogP contribution in [0.25, 0.3) is 0 Å². The van der Waals surface area contributed by atoms with Crippen LogP contribution in [-0.4, -0.2) is 29.7 Å². The van der Waals surface area contributed by atoms with E-state index < -0.39 is 0 Å². The highest BCUT2D eigenvalue weighted by atomic mass is 16.2. The average Bonchev–Trinajstić information content (AvgIpc) is 2.90. The normalized spacial score (nSPS) is 14.3. The number of ketones is 1. The van der Waals surface area contributed by atoms with Crippen molar-refractivity contribution in [1.29, 1.82) is 0 Å². The number of hydrogen-bond acceptors (Lipinski definition) is 4. The molecular formula is C21H28N2O3. The Balaban J connectivity index is 1.69. The summed E-state index contributed by atoms with van der Waals surface area (Å²) in [5, 5.41) is 3.39. The number of nitrogens with one attached hydrogen (secondary N) is 1. The van der Waals surface area contributed by atoms with Gasteiger partial charge in [0.25, 0.3) is 11.8 Å². The van der Waals surface area contributed by atoms with Crippen molar-refractivity contribution in [2.45, 2.75) is 58.4 Å². The molecule has 0 spiro atoms. The minimum Gasteiger partial charge on any atom is -0.312 e. The molecule has 1 heterocycles. The van der Waals surface area contributed by atoms with Gasteiger partial charge in [0.1, 0.15) is 5.78 Å². The lowest BCUT2D eigenvalue weighted by Crippen LogP contribution is -2.36. The number of Topliss-reactive ketones (excluding diaryl/α,β-unsaturated/α-hetero) is 1. The fourth-order valence-electron chi connectivity index (χ4n) is 2.83. The summed E-state index contributed by atoms with van der Waals surface area (Å²) in [6.45, 7) is 7.21. The van der Waals surface area contributed by atoms with E-state index in [1.54, 1.807) is 12.1 Å². The molecule has 0 radical (unpaired) electrons. The lowest BCUT2D eigenvalue weighted by molar-refractivity contribution is -0.120. The summed E-state index contributed by atoms with van der Waals surface area (Å²) in [5.74, 6) is -0.319. The van der Waals surface area contributed by atoms with Gasteiger partial charge in [-0.1, -0.05) is 12.1 Å². The van der Waals surface area contributed by atoms with E-state index in [0.717, 1.165) is 36.3 Å². The van der Waals surface area contributed by atoms with Gasteiger partial charge >= 0.3 is 0 Å². The van der Waals surface area contributed by atoms with Gasteiger partial charge in [-0.05, 0) is 64.3 Å². The predicted octanol–water partition coefficient (Wildman–Crippen LogP) is 3.18. The van der Waals surface area contributed by atoms with E-state index in [1.165, 1.54) is 12.2 Å². The predicted molar refractivity (Wildman–Crippen MR) is 103 cm³/mol. The number of hydrogen-bond donors (Lipinski definition) is 1. The molecule has 1 aromatic carbocycles. The second-order valence-corrected chi connectivity index (χ2v) is 7.68. The number of imide groups is 1. The fourth-order valence-corrected chi connectivity index (χ4v) is 2.83. The second kappa shape index (κ2) is 8.90. The van der Waals surface area contributed by atoms with Gasteiger partial charge in [-0.15, -0.1) is 0 Å². The topological polar surface area (TPSA) is 66.5 Å². The molecule has 0 bridgehead atoms. The Morgan fingerprint density at radius 3 is 2.12 bits per heavy atom. The molecule has 1 aromatic rings. The SMILES string of the molecule is CC(C)(C)NCCCC(=O)CCCc1ccc(N2C(=O)C=CC2=O)cc1. The van der Waals surface area contributed by atoms with Crippen LogP contribution in [-0.2, 0) is 20.8 Å². The Morgan fingerprint density at radius 1 is 0.962 bits per heavy atom. The monoisotopic (exact) mass is 356 g/mol. The Bertz CT molecular complexity index is 666. The van der Waals surface area contributed by atoms with Crippen molar-refractivity contribution < 1.29 is 14.4 Å². The van der Waals surface area contributed by atoms with Crippen LogP contribution in [0.1, 0.15) is 52.0 Å². The maximum atomic E-state index is 11.9. The summed E-state index contributed by atoms with van der Waals surface area (Å²) in [4.78, 5) is 36.4. The minimum atomic E-state index is -0.311. The summed E-state index contributed by atoms with van der Waals surface area (Å²) in [6, 6.07) is 7.37. The minimum absolute atomic E-state index is 0.0928. The van der Waals surface area contributed by atoms with Gasteiger partial charge in [0.15, 0.2) is 0 Å². The molecule has 0 saturated carbocycles. The van der Waals surface area contributed by atoms with Gasteiger partial charge in [-0.2, -0.15) is 0 Å². The molecule has 140 valence electrons. The smallest absolute Gasteiger partial charge is 0.258 e. The van der Waals surface area contributed by atoms with Crippen LogP contribution in [0.3, 0.4) is 0 Å². The van der Waals surface area contributed by atoms with E-state index >= 15 is 0 Å². The molecule has 2 amide bonds. The summed E-state index contributed by atoms with van der Waals surface area (Å²) in [7, 11) is 0. The highest BCUT2D eigenvalue weighted by molar-refractivity contribution is 6.28. The zero-order chi connectivity index (χ0) is 19.2. The van der Waals surface area contributed by atoms with Crippen molar-refractivity contribution in [3.05, 3.63) is 42.0 Å². The van der Waals surface area contributed by atoms with Gasteiger partial charge in [-0.3, -0.25) is 14.4 Å². The number of nitrogens with zero attached hydrogens (tertiary/aromatic N) is 1. The van der Waals surface area contributed by atoms with Crippen molar-refractivity contribution in [2.24, 2.45) is 0 Å². The summed E-state index contributed by atoms with van der Waals surface area (Å²) >= 11 is 0. The first kappa shape index (κ1) is 20.0. The fraction of sp³-hybridized carbons (Fsp3) is 0.476. The first-order valence-electron chi connectivity index (χ1n) is 9.18. The van der Waals surface area contributed by atoms with E-state index in [4.69, 9.17) is 0 Å². The molecule has 0 atom stereocenters. The van der Waals surface area contributed by atoms with E-state index in [-0.39, 0.29) is 17.4 Å². The van der Waals surface area contributed by atoms with E-state index in [2.05, 4.69) is 26.1 Å². The molecule has 5 nitrogen and oxygen atoms in total. The van der Waals surface area contributed by atoms with Crippen molar-refractivity contribution >= 4 is 23.3 Å². The maximum absolute atomic E-state index is 11.9. The third-order valence-corrected chi connectivity index (χ3v) is 4.21. The molecule has 0 fully saturated rings. The Hall–Kier alpha value is -2.27. The lowest BCUT2D eigenvalue weighted by atomic mass is 10.0. The van der Waals surface area contributed by atoms with Crippen molar-refractivity contribution in [1.82, 2.24) is 5.32 Å². The molecule has 5 heteroatoms. The van der Waals surface area contributed by atoms with Crippen molar-refractivity contribution in [3.63, 3.8) is 0 Å². The van der Waals surface area contributed by atoms with Gasteiger partial charge < -0.3 is 5.32 Å². The number of carbonyl (C=O) groups is 3. The highest BCUT2D eigenvalue weighted by Gasteiger charge is 2.24. The average molecular weight is 356 g/mol. The number of anilines is 1. The molecule has 2 rings (SSSR count). The lowest BCUT2D eigenvalue weighted by Gasteiger charge is -2.20. The number of rotatable bonds is 9. The van der Waals surface area contributed by atoms with Gasteiger partial charge in [0.05, 0.1) is 5.69 Å². The van der Waals surface area contributed by atoms with Gasteiger partial charge in [0, 0.05) is 30.5 Å². The van der Waals surface area contributed by atoms with E-state index in [1.807, 2.05) is 12.1 Å². The summed E-state index contributed by atoms with van der Waals surface area (Å²) in [5.41, 5.74) is 1.77. The molecule has 1 N–H and O–H groups in total. The number of benzene rings is 1. The third-order valence-electron chi connectivity index (χ3n) is 4.21. The molecule has 26 heavy (non-hydrogen) atoms. The van der Waals surface area contributed by atoms with Crippen LogP contribution in [0.4, 0.5) is 5.69 Å². The van der Waals surface area contributed by atoms with Crippen LogP contribution in [0.2, 0.25) is 0 Å². The van der Waals surface area contributed by atoms with Gasteiger partial charge in [-0.25, -0.2) is 4.90 Å². The molecule has 0 saturated heterocycles. The molecule has 0 aliphatic carbocycles. The van der Waals surface area contributed by atoms with Crippen molar-refractivity contribution in [3.8, 4) is 0 Å². The largest absolute Gasteiger partial charge is 0.312 e. The van der Waals surface area contributed by atoms with Crippen LogP contribution < -0.4 is 10.2 Å². The second-order valence-electron chi connectivity index (χ2n) is 7.68. The summed E-state index contributed by atoms with van der Waals surface area (Å²) in [6.07, 6.45) is 6.26. The highest BCUT2D eigenvalue weighted by Crippen LogP contribution is 2.20. The Kier molecular flexibility index (Phi) is 6.86. The zero-order valence-electron chi connectivity index (χ0n) is 15.9. The van der Waals surface area contributed by atoms with Crippen LogP contribution in [0.5, 0.6) is 0 Å². The number of amides is 2. The first-order chi connectivity index (χ1) is 12.3. The number of carbonyl (C=O) groups excluding carboxylic acids is 3. The first-order valence-corrected chi connectivity index (χ1v) is 9.18. The Morgan fingerprint density at radius 2 is 1.54 bits per heavy atom. The van der Waals surface area contributed by atoms with E-state index in [0.29, 0.717) is 24.3 Å². The van der Waals surface area contributed by atoms with Crippen LogP contribution >= 0.6 is 0 Å². The molecular weight excluding hydrogens is 328 g/mol. The number of aryl methyl sites for hydroxylation is 1. The van der Waals surface area contributed by atoms with Crippen LogP contribution in [0, 0.1) is 0 Å². The third kappa shape index (κ3) is 6.23. The van der Waals surface area contributed by atoms with Gasteiger partial charge in [0.2, 0.25) is 0 Å². The molecule has 1 aliphatic rings. The zero-order valence-corrected chi connectivity index (χ0v) is 15.9. The maximum Gasteiger partial charge on any atom is 0.258 e. The quantitative estimate of drug-likeness (QED) is 0.545. The molecule has 0 unspecified atom stereocenters. The summed E-state index contributed by atoms with van der Waals surface area (Å²) < 4.78 is 0. The van der Waals surface area contributed by atoms with E-state index in [9.17, 15) is 14.4 Å². The Labute approximate surface area is 155 Å².